The molecule has 3 amide bonds. The highest BCUT2D eigenvalue weighted by molar-refractivity contribution is 6.12. The minimum Gasteiger partial charge on any atom is -0.347 e. The molecule has 1 saturated heterocycles. The number of benzene rings is 1. The van der Waals surface area contributed by atoms with E-state index >= 15 is 0 Å². The van der Waals surface area contributed by atoms with E-state index in [1.165, 1.54) is 9.80 Å². The Kier molecular flexibility index (Phi) is 4.07. The van der Waals surface area contributed by atoms with Crippen LogP contribution in [0.25, 0.3) is 0 Å². The number of para-hydroxylation sites is 1. The molecule has 1 atom stereocenters. The number of piperidine rings is 1. The molecule has 0 spiro atoms. The molecule has 0 aliphatic carbocycles. The molecule has 0 aromatic heterocycles. The molecule has 1 aromatic rings. The number of nitrogens with zero attached hydrogens (tertiary/aromatic N) is 3. The van der Waals surface area contributed by atoms with Crippen LogP contribution in [-0.4, -0.2) is 60.7 Å². The Morgan fingerprint density at radius 3 is 2.70 bits per heavy atom. The zero-order chi connectivity index (χ0) is 16.6. The molecule has 0 N–H and O–H groups in total. The molecule has 1 aromatic carbocycles. The van der Waals surface area contributed by atoms with Gasteiger partial charge in [0, 0.05) is 20.6 Å². The summed E-state index contributed by atoms with van der Waals surface area (Å²) in [6.07, 6.45) is 2.49. The molecule has 2 aliphatic rings. The molecule has 0 unspecified atom stereocenters. The average Bonchev–Trinajstić information content (AvgIpc) is 2.65. The summed E-state index contributed by atoms with van der Waals surface area (Å²) < 4.78 is 0. The third-order valence-corrected chi connectivity index (χ3v) is 4.53. The number of amides is 3. The lowest BCUT2D eigenvalue weighted by molar-refractivity contribution is -0.130. The maximum absolute atomic E-state index is 13.0. The van der Waals surface area contributed by atoms with Gasteiger partial charge in [-0.2, -0.15) is 0 Å². The van der Waals surface area contributed by atoms with Gasteiger partial charge in [0.1, 0.15) is 12.6 Å². The summed E-state index contributed by atoms with van der Waals surface area (Å²) >= 11 is 0. The molecule has 23 heavy (non-hydrogen) atoms. The second-order valence-electron chi connectivity index (χ2n) is 6.24. The summed E-state index contributed by atoms with van der Waals surface area (Å²) in [6, 6.07) is 6.59. The summed E-state index contributed by atoms with van der Waals surface area (Å²) in [5, 5.41) is 0. The first kappa shape index (κ1) is 15.5. The third-order valence-electron chi connectivity index (χ3n) is 4.53. The summed E-state index contributed by atoms with van der Waals surface area (Å²) in [5.74, 6) is -0.429. The number of likely N-dealkylation sites (N-methyl/N-ethyl adjacent to an activating group) is 1. The highest BCUT2D eigenvalue weighted by Crippen LogP contribution is 2.31. The van der Waals surface area contributed by atoms with Gasteiger partial charge in [-0.15, -0.1) is 0 Å². The van der Waals surface area contributed by atoms with E-state index in [2.05, 4.69) is 0 Å². The van der Waals surface area contributed by atoms with Gasteiger partial charge in [-0.05, 0) is 31.4 Å². The molecular formula is C17H21N3O3. The first-order valence-corrected chi connectivity index (χ1v) is 7.92. The maximum atomic E-state index is 13.0. The van der Waals surface area contributed by atoms with Gasteiger partial charge in [0.2, 0.25) is 11.8 Å². The number of rotatable bonds is 2. The average molecular weight is 315 g/mol. The number of carbonyl (C=O) groups excluding carboxylic acids is 3. The van der Waals surface area contributed by atoms with Gasteiger partial charge < -0.3 is 14.7 Å². The van der Waals surface area contributed by atoms with Crippen molar-refractivity contribution in [3.8, 4) is 0 Å². The quantitative estimate of drug-likeness (QED) is 0.821. The summed E-state index contributed by atoms with van der Waals surface area (Å²) in [7, 11) is 3.32. The highest BCUT2D eigenvalue weighted by Gasteiger charge is 2.41. The smallest absolute Gasteiger partial charge is 0.256 e. The van der Waals surface area contributed by atoms with Gasteiger partial charge in [0.25, 0.3) is 5.91 Å². The maximum Gasteiger partial charge on any atom is 0.256 e. The fourth-order valence-corrected chi connectivity index (χ4v) is 3.21. The van der Waals surface area contributed by atoms with Gasteiger partial charge in [0.05, 0.1) is 11.3 Å². The molecule has 122 valence electrons. The summed E-state index contributed by atoms with van der Waals surface area (Å²) in [6.45, 7) is 0.555. The molecule has 2 heterocycles. The zero-order valence-electron chi connectivity index (χ0n) is 13.5. The lowest BCUT2D eigenvalue weighted by Gasteiger charge is -2.34. The molecule has 0 bridgehead atoms. The van der Waals surface area contributed by atoms with Crippen molar-refractivity contribution in [2.75, 3.05) is 32.1 Å². The summed E-state index contributed by atoms with van der Waals surface area (Å²) in [5.41, 5.74) is 1.03. The molecular weight excluding hydrogens is 294 g/mol. The second-order valence-corrected chi connectivity index (χ2v) is 6.24. The topological polar surface area (TPSA) is 60.9 Å². The molecule has 6 heteroatoms. The lowest BCUT2D eigenvalue weighted by Crippen LogP contribution is -2.52. The van der Waals surface area contributed by atoms with Crippen LogP contribution in [0.15, 0.2) is 24.3 Å². The van der Waals surface area contributed by atoms with Gasteiger partial charge in [-0.1, -0.05) is 12.1 Å². The molecule has 0 radical (unpaired) electrons. The van der Waals surface area contributed by atoms with E-state index < -0.39 is 6.04 Å². The Balaban J connectivity index is 2.06. The molecule has 1 fully saturated rings. The second kappa shape index (κ2) is 6.02. The zero-order valence-corrected chi connectivity index (χ0v) is 13.5. The van der Waals surface area contributed by atoms with Crippen LogP contribution in [0, 0.1) is 0 Å². The van der Waals surface area contributed by atoms with Crippen molar-refractivity contribution < 1.29 is 14.4 Å². The highest BCUT2D eigenvalue weighted by atomic mass is 16.2. The predicted octanol–water partition coefficient (Wildman–Crippen LogP) is 1.12. The van der Waals surface area contributed by atoms with Crippen LogP contribution in [-0.2, 0) is 9.59 Å². The van der Waals surface area contributed by atoms with Crippen molar-refractivity contribution >= 4 is 23.4 Å². The first-order chi connectivity index (χ1) is 11.0. The normalized spacial score (nSPS) is 20.7. The predicted molar refractivity (Wildman–Crippen MR) is 86.2 cm³/mol. The lowest BCUT2D eigenvalue weighted by atomic mass is 10.0. The Bertz CT molecular complexity index is 656. The number of anilines is 1. The largest absolute Gasteiger partial charge is 0.347 e. The van der Waals surface area contributed by atoms with Crippen LogP contribution in [0.3, 0.4) is 0 Å². The number of carbonyl (C=O) groups is 3. The van der Waals surface area contributed by atoms with Gasteiger partial charge in [-0.3, -0.25) is 14.4 Å². The fraction of sp³-hybridized carbons (Fsp3) is 0.471. The van der Waals surface area contributed by atoms with Gasteiger partial charge in [-0.25, -0.2) is 0 Å². The first-order valence-electron chi connectivity index (χ1n) is 7.92. The number of hydrogen-bond donors (Lipinski definition) is 0. The van der Waals surface area contributed by atoms with Crippen molar-refractivity contribution in [1.82, 2.24) is 9.80 Å². The van der Waals surface area contributed by atoms with E-state index in [9.17, 15) is 14.4 Å². The van der Waals surface area contributed by atoms with Crippen LogP contribution in [0.2, 0.25) is 0 Å². The fourth-order valence-electron chi connectivity index (χ4n) is 3.21. The van der Waals surface area contributed by atoms with E-state index in [0.29, 0.717) is 24.2 Å². The van der Waals surface area contributed by atoms with E-state index in [1.54, 1.807) is 43.3 Å². The number of fused-ring (bicyclic) bond motifs is 2. The van der Waals surface area contributed by atoms with Crippen molar-refractivity contribution in [1.29, 1.82) is 0 Å². The minimum absolute atomic E-state index is 0.0412. The van der Waals surface area contributed by atoms with Gasteiger partial charge in [0.15, 0.2) is 0 Å². The van der Waals surface area contributed by atoms with Crippen molar-refractivity contribution in [2.45, 2.75) is 25.3 Å². The van der Waals surface area contributed by atoms with Crippen molar-refractivity contribution in [3.63, 3.8) is 0 Å². The van der Waals surface area contributed by atoms with Gasteiger partial charge >= 0.3 is 0 Å². The van der Waals surface area contributed by atoms with E-state index in [4.69, 9.17) is 0 Å². The van der Waals surface area contributed by atoms with Crippen LogP contribution in [0.4, 0.5) is 5.69 Å². The van der Waals surface area contributed by atoms with Crippen LogP contribution in [0.1, 0.15) is 29.6 Å². The standard InChI is InChI=1S/C17H21N3O3/c1-18(2)15(21)11-20-13-8-4-3-7-12(13)16(22)19-10-6-5-9-14(19)17(20)23/h3-4,7-8,14H,5-6,9-11H2,1-2H3/t14-/m0/s1. The Morgan fingerprint density at radius 1 is 1.22 bits per heavy atom. The third kappa shape index (κ3) is 2.69. The molecule has 0 saturated carbocycles. The Morgan fingerprint density at radius 2 is 1.96 bits per heavy atom. The van der Waals surface area contributed by atoms with Crippen molar-refractivity contribution in [3.05, 3.63) is 29.8 Å². The van der Waals surface area contributed by atoms with E-state index in [1.807, 2.05) is 0 Å². The van der Waals surface area contributed by atoms with E-state index in [0.717, 1.165) is 12.8 Å². The monoisotopic (exact) mass is 315 g/mol. The Hall–Kier alpha value is -2.37. The van der Waals surface area contributed by atoms with E-state index in [-0.39, 0.29) is 24.3 Å². The number of hydrogen-bond acceptors (Lipinski definition) is 3. The molecule has 2 aliphatic heterocycles. The van der Waals surface area contributed by atoms with Crippen molar-refractivity contribution in [2.24, 2.45) is 0 Å². The summed E-state index contributed by atoms with van der Waals surface area (Å²) in [4.78, 5) is 42.6. The minimum atomic E-state index is -0.460. The van der Waals surface area contributed by atoms with Crippen LogP contribution >= 0.6 is 0 Å². The molecule has 3 rings (SSSR count). The Labute approximate surface area is 135 Å². The molecule has 6 nitrogen and oxygen atoms in total. The van der Waals surface area contributed by atoms with Crippen LogP contribution < -0.4 is 4.90 Å². The SMILES string of the molecule is CN(C)C(=O)CN1C(=O)[C@@H]2CCCCN2C(=O)c2ccccc21. The van der Waals surface area contributed by atoms with Crippen LogP contribution in [0.5, 0.6) is 0 Å².